The molecule has 5 nitrogen and oxygen atoms in total. The summed E-state index contributed by atoms with van der Waals surface area (Å²) in [7, 11) is -3.84. The molecule has 0 radical (unpaired) electrons. The smallest absolute Gasteiger partial charge is 0.332 e. The number of aryl methyl sites for hydroxylation is 1. The first kappa shape index (κ1) is 20.2. The molecule has 3 aromatic carbocycles. The van der Waals surface area contributed by atoms with Crippen LogP contribution in [0, 0.1) is 6.92 Å². The molecule has 0 aromatic heterocycles. The fraction of sp³-hybridized carbons (Fsp3) is 0.208. The largest absolute Gasteiger partial charge is 0.463 e. The zero-order valence-corrected chi connectivity index (χ0v) is 17.7. The van der Waals surface area contributed by atoms with Gasteiger partial charge in [0.15, 0.2) is 0 Å². The highest BCUT2D eigenvalue weighted by Gasteiger charge is 2.43. The lowest BCUT2D eigenvalue weighted by Crippen LogP contribution is -2.43. The summed E-state index contributed by atoms with van der Waals surface area (Å²) in [6.07, 6.45) is 1.73. The molecule has 30 heavy (non-hydrogen) atoms. The minimum absolute atomic E-state index is 0.202. The summed E-state index contributed by atoms with van der Waals surface area (Å²) in [5.74, 6) is -0.534. The average molecular weight is 422 g/mol. The number of carbonyl (C=O) groups is 1. The molecular formula is C24H23NO4S. The van der Waals surface area contributed by atoms with E-state index in [0.29, 0.717) is 12.1 Å². The molecule has 1 saturated heterocycles. The second kappa shape index (κ2) is 7.95. The van der Waals surface area contributed by atoms with E-state index >= 15 is 0 Å². The molecule has 1 unspecified atom stereocenters. The molecule has 1 atom stereocenters. The number of sulfonamides is 1. The Kier molecular flexibility index (Phi) is 5.35. The van der Waals surface area contributed by atoms with Crippen molar-refractivity contribution in [3.63, 3.8) is 0 Å². The van der Waals surface area contributed by atoms with Crippen molar-refractivity contribution in [3.05, 3.63) is 89.6 Å². The Bertz CT molecular complexity index is 1220. The highest BCUT2D eigenvalue weighted by molar-refractivity contribution is 7.89. The van der Waals surface area contributed by atoms with Crippen LogP contribution in [0.25, 0.3) is 10.8 Å². The monoisotopic (exact) mass is 421 g/mol. The van der Waals surface area contributed by atoms with Gasteiger partial charge in [0.2, 0.25) is 0 Å². The van der Waals surface area contributed by atoms with Crippen molar-refractivity contribution in [2.24, 2.45) is 0 Å². The molecule has 1 fully saturated rings. The van der Waals surface area contributed by atoms with Gasteiger partial charge in [0.1, 0.15) is 0 Å². The fourth-order valence-corrected chi connectivity index (χ4v) is 5.49. The van der Waals surface area contributed by atoms with Gasteiger partial charge in [-0.2, -0.15) is 0 Å². The van der Waals surface area contributed by atoms with E-state index in [0.717, 1.165) is 21.9 Å². The number of hydrogen-bond donors (Lipinski definition) is 0. The third-order valence-corrected chi connectivity index (χ3v) is 7.17. The Labute approximate surface area is 176 Å². The van der Waals surface area contributed by atoms with Gasteiger partial charge in [-0.25, -0.2) is 13.2 Å². The normalized spacial score (nSPS) is 17.7. The molecule has 1 aliphatic rings. The molecule has 1 aliphatic heterocycles. The SMILES string of the molecule is CCOC(=O)/C=C1\CC(c2cccc3ccccc23)N1S(=O)(=O)c1ccc(C)cc1. The molecule has 3 aromatic rings. The van der Waals surface area contributed by atoms with Gasteiger partial charge >= 0.3 is 5.97 Å². The number of hydrogen-bond acceptors (Lipinski definition) is 4. The standard InChI is InChI=1S/C24H23NO4S/c1-3-29-24(26)16-19-15-23(22-10-6-8-18-7-4-5-9-21(18)22)25(19)30(27,28)20-13-11-17(2)12-14-20/h4-14,16,23H,3,15H2,1-2H3/b19-16+. The maximum absolute atomic E-state index is 13.5. The van der Waals surface area contributed by atoms with Gasteiger partial charge in [0.25, 0.3) is 10.0 Å². The Hall–Kier alpha value is -3.12. The van der Waals surface area contributed by atoms with Gasteiger partial charge in [-0.05, 0) is 42.3 Å². The van der Waals surface area contributed by atoms with Crippen LogP contribution in [0.2, 0.25) is 0 Å². The zero-order chi connectivity index (χ0) is 21.3. The first-order valence-corrected chi connectivity index (χ1v) is 11.3. The molecule has 1 heterocycles. The van der Waals surface area contributed by atoms with E-state index in [9.17, 15) is 13.2 Å². The molecule has 0 aliphatic carbocycles. The van der Waals surface area contributed by atoms with Gasteiger partial charge in [0.05, 0.1) is 17.5 Å². The first-order valence-electron chi connectivity index (χ1n) is 9.88. The van der Waals surface area contributed by atoms with Crippen molar-refractivity contribution >= 4 is 26.8 Å². The molecule has 4 rings (SSSR count). The topological polar surface area (TPSA) is 63.7 Å². The zero-order valence-electron chi connectivity index (χ0n) is 16.9. The molecule has 154 valence electrons. The molecule has 0 bridgehead atoms. The van der Waals surface area contributed by atoms with Crippen molar-refractivity contribution < 1.29 is 17.9 Å². The van der Waals surface area contributed by atoms with E-state index < -0.39 is 16.0 Å². The fourth-order valence-electron chi connectivity index (χ4n) is 3.82. The van der Waals surface area contributed by atoms with E-state index in [2.05, 4.69) is 0 Å². The Morgan fingerprint density at radius 2 is 1.77 bits per heavy atom. The third kappa shape index (κ3) is 3.59. The summed E-state index contributed by atoms with van der Waals surface area (Å²) in [5, 5.41) is 2.05. The Morgan fingerprint density at radius 1 is 1.07 bits per heavy atom. The minimum Gasteiger partial charge on any atom is -0.463 e. The lowest BCUT2D eigenvalue weighted by molar-refractivity contribution is -0.137. The van der Waals surface area contributed by atoms with E-state index in [4.69, 9.17) is 4.74 Å². The lowest BCUT2D eigenvalue weighted by atomic mass is 9.90. The van der Waals surface area contributed by atoms with Crippen molar-refractivity contribution in [1.29, 1.82) is 0 Å². The van der Waals surface area contributed by atoms with Crippen LogP contribution in [-0.2, 0) is 19.6 Å². The first-order chi connectivity index (χ1) is 14.4. The van der Waals surface area contributed by atoms with Crippen molar-refractivity contribution in [2.45, 2.75) is 31.2 Å². The van der Waals surface area contributed by atoms with Gasteiger partial charge in [-0.15, -0.1) is 0 Å². The summed E-state index contributed by atoms with van der Waals surface area (Å²) < 4.78 is 33.4. The summed E-state index contributed by atoms with van der Waals surface area (Å²) in [4.78, 5) is 12.2. The highest BCUT2D eigenvalue weighted by Crippen LogP contribution is 2.47. The molecule has 6 heteroatoms. The Morgan fingerprint density at radius 3 is 2.50 bits per heavy atom. The van der Waals surface area contributed by atoms with Crippen LogP contribution < -0.4 is 0 Å². The average Bonchev–Trinajstić information content (AvgIpc) is 2.71. The molecule has 0 saturated carbocycles. The molecule has 0 amide bonds. The van der Waals surface area contributed by atoms with Gasteiger partial charge in [-0.3, -0.25) is 4.31 Å². The number of esters is 1. The number of ether oxygens (including phenoxy) is 1. The highest BCUT2D eigenvalue weighted by atomic mass is 32.2. The van der Waals surface area contributed by atoms with E-state index in [-0.39, 0.29) is 17.5 Å². The number of nitrogens with zero attached hydrogens (tertiary/aromatic N) is 1. The van der Waals surface area contributed by atoms with Crippen LogP contribution in [0.5, 0.6) is 0 Å². The van der Waals surface area contributed by atoms with Crippen LogP contribution in [0.4, 0.5) is 0 Å². The Balaban J connectivity index is 1.81. The van der Waals surface area contributed by atoms with Gasteiger partial charge in [-0.1, -0.05) is 60.2 Å². The molecular weight excluding hydrogens is 398 g/mol. The van der Waals surface area contributed by atoms with Crippen molar-refractivity contribution in [3.8, 4) is 0 Å². The number of benzene rings is 3. The lowest BCUT2D eigenvalue weighted by Gasteiger charge is -2.44. The molecule has 0 N–H and O–H groups in total. The summed E-state index contributed by atoms with van der Waals surface area (Å²) in [6, 6.07) is 20.2. The van der Waals surface area contributed by atoms with Crippen LogP contribution in [-0.4, -0.2) is 25.3 Å². The maximum Gasteiger partial charge on any atom is 0.332 e. The predicted molar refractivity (Wildman–Crippen MR) is 116 cm³/mol. The van der Waals surface area contributed by atoms with Crippen molar-refractivity contribution in [1.82, 2.24) is 4.31 Å². The van der Waals surface area contributed by atoms with Crippen LogP contribution in [0.15, 0.2) is 83.4 Å². The number of fused-ring (bicyclic) bond motifs is 1. The van der Waals surface area contributed by atoms with Crippen LogP contribution in [0.1, 0.15) is 30.5 Å². The number of rotatable bonds is 5. The quantitative estimate of drug-likeness (QED) is 0.441. The minimum atomic E-state index is -3.84. The second-order valence-corrected chi connectivity index (χ2v) is 9.10. The van der Waals surface area contributed by atoms with E-state index in [1.807, 2.05) is 49.4 Å². The second-order valence-electron chi connectivity index (χ2n) is 7.29. The van der Waals surface area contributed by atoms with Crippen LogP contribution in [0.3, 0.4) is 0 Å². The molecule has 0 spiro atoms. The summed E-state index contributed by atoms with van der Waals surface area (Å²) >= 11 is 0. The predicted octanol–water partition coefficient (Wildman–Crippen LogP) is 4.73. The van der Waals surface area contributed by atoms with Crippen molar-refractivity contribution in [2.75, 3.05) is 6.61 Å². The van der Waals surface area contributed by atoms with E-state index in [1.54, 1.807) is 31.2 Å². The van der Waals surface area contributed by atoms with E-state index in [1.165, 1.54) is 10.4 Å². The summed E-state index contributed by atoms with van der Waals surface area (Å²) in [6.45, 7) is 3.86. The maximum atomic E-state index is 13.5. The van der Waals surface area contributed by atoms with Gasteiger partial charge < -0.3 is 4.74 Å². The summed E-state index contributed by atoms with van der Waals surface area (Å²) in [5.41, 5.74) is 2.34. The van der Waals surface area contributed by atoms with Crippen LogP contribution >= 0.6 is 0 Å². The number of carbonyl (C=O) groups excluding carboxylic acids is 1. The third-order valence-electron chi connectivity index (χ3n) is 5.30. The van der Waals surface area contributed by atoms with Gasteiger partial charge in [0, 0.05) is 18.2 Å².